The Morgan fingerprint density at radius 1 is 1.03 bits per heavy atom. The fourth-order valence-electron chi connectivity index (χ4n) is 2.69. The minimum absolute atomic E-state index is 0.342. The normalized spacial score (nSPS) is 10.9. The van der Waals surface area contributed by atoms with Crippen molar-refractivity contribution in [3.8, 4) is 11.5 Å². The molecular formula is C23H21BrCl2N2O2. The van der Waals surface area contributed by atoms with Crippen LogP contribution in [0.2, 0.25) is 10.0 Å². The fraction of sp³-hybridized carbons (Fsp3) is 0.174. The smallest absolute Gasteiger partial charge is 0.175 e. The number of rotatable bonds is 9. The quantitative estimate of drug-likeness (QED) is 0.254. The van der Waals surface area contributed by atoms with Crippen molar-refractivity contribution in [1.82, 2.24) is 5.43 Å². The van der Waals surface area contributed by atoms with E-state index in [4.69, 9.17) is 32.7 Å². The molecule has 4 nitrogen and oxygen atoms in total. The Morgan fingerprint density at radius 2 is 1.80 bits per heavy atom. The molecule has 7 heteroatoms. The molecule has 0 fully saturated rings. The Balaban J connectivity index is 1.68. The van der Waals surface area contributed by atoms with Crippen LogP contribution in [-0.2, 0) is 13.2 Å². The van der Waals surface area contributed by atoms with Crippen LogP contribution in [-0.4, -0.2) is 12.8 Å². The number of benzene rings is 3. The zero-order chi connectivity index (χ0) is 21.3. The molecule has 1 N–H and O–H groups in total. The van der Waals surface area contributed by atoms with Crippen molar-refractivity contribution in [1.29, 1.82) is 0 Å². The average molecular weight is 508 g/mol. The van der Waals surface area contributed by atoms with E-state index in [1.54, 1.807) is 6.21 Å². The molecule has 3 rings (SSSR count). The molecule has 0 bridgehead atoms. The Morgan fingerprint density at radius 3 is 2.53 bits per heavy atom. The highest BCUT2D eigenvalue weighted by Crippen LogP contribution is 2.37. The minimum Gasteiger partial charge on any atom is -0.490 e. The molecule has 0 saturated carbocycles. The summed E-state index contributed by atoms with van der Waals surface area (Å²) in [5.74, 6) is 1.26. The van der Waals surface area contributed by atoms with E-state index in [0.717, 1.165) is 21.2 Å². The summed E-state index contributed by atoms with van der Waals surface area (Å²) in [6.07, 6.45) is 1.74. The number of hydrazone groups is 1. The van der Waals surface area contributed by atoms with Crippen LogP contribution in [0.25, 0.3) is 0 Å². The third-order valence-corrected chi connectivity index (χ3v) is 5.37. The van der Waals surface area contributed by atoms with Gasteiger partial charge in [0.25, 0.3) is 0 Å². The van der Waals surface area contributed by atoms with Gasteiger partial charge in [0.2, 0.25) is 0 Å². The van der Waals surface area contributed by atoms with Crippen molar-refractivity contribution in [2.45, 2.75) is 20.1 Å². The van der Waals surface area contributed by atoms with E-state index >= 15 is 0 Å². The maximum Gasteiger partial charge on any atom is 0.175 e. The number of halogens is 3. The van der Waals surface area contributed by atoms with Crippen molar-refractivity contribution in [2.24, 2.45) is 5.10 Å². The largest absolute Gasteiger partial charge is 0.490 e. The monoisotopic (exact) mass is 506 g/mol. The summed E-state index contributed by atoms with van der Waals surface area (Å²) in [6.45, 7) is 3.39. The zero-order valence-electron chi connectivity index (χ0n) is 16.4. The summed E-state index contributed by atoms with van der Waals surface area (Å²) in [5, 5.41) is 5.68. The van der Waals surface area contributed by atoms with E-state index in [9.17, 15) is 0 Å². The van der Waals surface area contributed by atoms with Gasteiger partial charge in [0.15, 0.2) is 11.5 Å². The Hall–Kier alpha value is -2.21. The summed E-state index contributed by atoms with van der Waals surface area (Å²) in [7, 11) is 0. The van der Waals surface area contributed by atoms with Gasteiger partial charge in [-0.3, -0.25) is 0 Å². The highest BCUT2D eigenvalue weighted by molar-refractivity contribution is 9.10. The maximum atomic E-state index is 6.23. The van der Waals surface area contributed by atoms with Gasteiger partial charge >= 0.3 is 0 Å². The van der Waals surface area contributed by atoms with E-state index in [2.05, 4.69) is 26.5 Å². The third kappa shape index (κ3) is 6.39. The lowest BCUT2D eigenvalue weighted by molar-refractivity contribution is 0.267. The molecule has 3 aromatic carbocycles. The lowest BCUT2D eigenvalue weighted by Gasteiger charge is -2.15. The van der Waals surface area contributed by atoms with Gasteiger partial charge < -0.3 is 14.9 Å². The highest BCUT2D eigenvalue weighted by Gasteiger charge is 2.13. The molecule has 0 unspecified atom stereocenters. The van der Waals surface area contributed by atoms with Gasteiger partial charge in [0.05, 0.1) is 23.8 Å². The summed E-state index contributed by atoms with van der Waals surface area (Å²) in [5.41, 5.74) is 5.91. The van der Waals surface area contributed by atoms with Gasteiger partial charge in [-0.2, -0.15) is 5.10 Å². The number of ether oxygens (including phenoxy) is 2. The van der Waals surface area contributed by atoms with E-state index in [1.165, 1.54) is 0 Å². The van der Waals surface area contributed by atoms with Crippen molar-refractivity contribution in [3.63, 3.8) is 0 Å². The molecule has 0 heterocycles. The van der Waals surface area contributed by atoms with Crippen molar-refractivity contribution >= 4 is 45.3 Å². The van der Waals surface area contributed by atoms with Crippen molar-refractivity contribution in [2.75, 3.05) is 6.61 Å². The minimum atomic E-state index is 0.342. The second-order valence-electron chi connectivity index (χ2n) is 6.36. The lowest BCUT2D eigenvalue weighted by atomic mass is 10.2. The topological polar surface area (TPSA) is 42.8 Å². The SMILES string of the molecule is CCOc1cc(/C=N\NCc2ccc(Cl)cc2)cc(Br)c1OCc1ccccc1Cl. The van der Waals surface area contributed by atoms with Crippen LogP contribution in [0.5, 0.6) is 11.5 Å². The molecule has 0 aromatic heterocycles. The van der Waals surface area contributed by atoms with Gasteiger partial charge in [-0.05, 0) is 64.3 Å². The average Bonchev–Trinajstić information content (AvgIpc) is 2.73. The molecule has 0 aliphatic rings. The first-order valence-electron chi connectivity index (χ1n) is 9.39. The van der Waals surface area contributed by atoms with E-state index in [0.29, 0.717) is 41.3 Å². The van der Waals surface area contributed by atoms with Gasteiger partial charge in [-0.15, -0.1) is 0 Å². The molecule has 0 aliphatic carbocycles. The molecule has 30 heavy (non-hydrogen) atoms. The van der Waals surface area contributed by atoms with E-state index < -0.39 is 0 Å². The van der Waals surface area contributed by atoms with E-state index in [-0.39, 0.29) is 0 Å². The molecular weight excluding hydrogens is 487 g/mol. The Bertz CT molecular complexity index is 1010. The maximum absolute atomic E-state index is 6.23. The Labute approximate surface area is 194 Å². The molecule has 0 atom stereocenters. The number of nitrogens with zero attached hydrogens (tertiary/aromatic N) is 1. The molecule has 3 aromatic rings. The summed E-state index contributed by atoms with van der Waals surface area (Å²) < 4.78 is 12.6. The van der Waals surface area contributed by atoms with Crippen LogP contribution in [0.3, 0.4) is 0 Å². The van der Waals surface area contributed by atoms with Crippen LogP contribution < -0.4 is 14.9 Å². The second-order valence-corrected chi connectivity index (χ2v) is 8.06. The third-order valence-electron chi connectivity index (χ3n) is 4.16. The standard InChI is InChI=1S/C23H21BrCl2N2O2/c1-2-29-22-12-17(14-28-27-13-16-7-9-19(25)10-8-16)11-20(24)23(22)30-15-18-5-3-4-6-21(18)26/h3-12,14,27H,2,13,15H2,1H3/b28-14-. The summed E-state index contributed by atoms with van der Waals surface area (Å²) >= 11 is 15.7. The van der Waals surface area contributed by atoms with Crippen LogP contribution >= 0.6 is 39.1 Å². The van der Waals surface area contributed by atoms with Crippen molar-refractivity contribution < 1.29 is 9.47 Å². The van der Waals surface area contributed by atoms with Gasteiger partial charge in [0, 0.05) is 15.6 Å². The fourth-order valence-corrected chi connectivity index (χ4v) is 3.58. The van der Waals surface area contributed by atoms with Crippen molar-refractivity contribution in [3.05, 3.63) is 91.9 Å². The van der Waals surface area contributed by atoms with Crippen LogP contribution in [0.1, 0.15) is 23.6 Å². The first-order valence-corrected chi connectivity index (χ1v) is 10.9. The lowest BCUT2D eigenvalue weighted by Crippen LogP contribution is -2.06. The number of hydrogen-bond donors (Lipinski definition) is 1. The predicted molar refractivity (Wildman–Crippen MR) is 127 cm³/mol. The molecule has 0 amide bonds. The first-order chi connectivity index (χ1) is 14.6. The first kappa shape index (κ1) is 22.5. The highest BCUT2D eigenvalue weighted by atomic mass is 79.9. The zero-order valence-corrected chi connectivity index (χ0v) is 19.5. The predicted octanol–water partition coefficient (Wildman–Crippen LogP) is 6.86. The van der Waals surface area contributed by atoms with Crippen LogP contribution in [0.15, 0.2) is 70.2 Å². The van der Waals surface area contributed by atoms with Crippen LogP contribution in [0, 0.1) is 0 Å². The Kier molecular flexibility index (Phi) is 8.43. The van der Waals surface area contributed by atoms with Gasteiger partial charge in [0.1, 0.15) is 6.61 Å². The summed E-state index contributed by atoms with van der Waals surface area (Å²) in [6, 6.07) is 19.0. The molecule has 0 saturated heterocycles. The van der Waals surface area contributed by atoms with Crippen LogP contribution in [0.4, 0.5) is 0 Å². The van der Waals surface area contributed by atoms with E-state index in [1.807, 2.05) is 67.6 Å². The molecule has 156 valence electrons. The second kappa shape index (κ2) is 11.3. The molecule has 0 radical (unpaired) electrons. The van der Waals surface area contributed by atoms with Gasteiger partial charge in [-0.25, -0.2) is 0 Å². The van der Waals surface area contributed by atoms with Gasteiger partial charge in [-0.1, -0.05) is 53.5 Å². The number of hydrogen-bond acceptors (Lipinski definition) is 4. The molecule has 0 spiro atoms. The summed E-state index contributed by atoms with van der Waals surface area (Å²) in [4.78, 5) is 0. The molecule has 0 aliphatic heterocycles. The number of nitrogens with one attached hydrogen (secondary N) is 1.